The largest absolute Gasteiger partial charge is 0.339 e. The summed E-state index contributed by atoms with van der Waals surface area (Å²) in [5, 5.41) is 0.586. The molecular weight excluding hydrogens is 289 g/mol. The van der Waals surface area contributed by atoms with E-state index in [0.717, 1.165) is 30.4 Å². The van der Waals surface area contributed by atoms with Crippen LogP contribution in [0.2, 0.25) is 5.02 Å². The van der Waals surface area contributed by atoms with Crippen LogP contribution in [0.5, 0.6) is 0 Å². The van der Waals surface area contributed by atoms with Crippen molar-refractivity contribution in [3.8, 4) is 0 Å². The quantitative estimate of drug-likeness (QED) is 0.774. The Morgan fingerprint density at radius 3 is 2.56 bits per heavy atom. The third-order valence-corrected chi connectivity index (χ3v) is 4.04. The van der Waals surface area contributed by atoms with Gasteiger partial charge in [-0.05, 0) is 53.4 Å². The van der Waals surface area contributed by atoms with Gasteiger partial charge in [-0.25, -0.2) is 0 Å². The van der Waals surface area contributed by atoms with Crippen LogP contribution in [-0.2, 0) is 0 Å². The third-order valence-electron chi connectivity index (χ3n) is 2.81. The van der Waals surface area contributed by atoms with Crippen molar-refractivity contribution in [1.82, 2.24) is 4.90 Å². The van der Waals surface area contributed by atoms with Gasteiger partial charge in [0.05, 0.1) is 5.02 Å². The molecule has 0 aliphatic carbocycles. The van der Waals surface area contributed by atoms with Crippen LogP contribution in [0.25, 0.3) is 0 Å². The first-order valence-electron chi connectivity index (χ1n) is 5.43. The standard InChI is InChI=1S/C12H13BrClNO/c13-10-5-4-9(8-11(10)14)12(16)15-6-2-1-3-7-15/h4-5,8H,1-3,6-7H2. The van der Waals surface area contributed by atoms with Crippen LogP contribution in [0.4, 0.5) is 0 Å². The first kappa shape index (κ1) is 11.9. The van der Waals surface area contributed by atoms with Gasteiger partial charge in [0.1, 0.15) is 0 Å². The van der Waals surface area contributed by atoms with E-state index in [1.165, 1.54) is 6.42 Å². The summed E-state index contributed by atoms with van der Waals surface area (Å²) in [6.07, 6.45) is 3.44. The zero-order chi connectivity index (χ0) is 11.5. The molecule has 2 rings (SSSR count). The molecule has 1 amide bonds. The lowest BCUT2D eigenvalue weighted by atomic mass is 10.1. The molecule has 1 saturated heterocycles. The molecule has 16 heavy (non-hydrogen) atoms. The molecule has 0 spiro atoms. The van der Waals surface area contributed by atoms with Crippen molar-refractivity contribution in [1.29, 1.82) is 0 Å². The molecule has 1 aliphatic heterocycles. The maximum atomic E-state index is 12.1. The van der Waals surface area contributed by atoms with Crippen molar-refractivity contribution in [3.05, 3.63) is 33.3 Å². The molecule has 1 fully saturated rings. The number of nitrogens with zero attached hydrogens (tertiary/aromatic N) is 1. The van der Waals surface area contributed by atoms with Crippen molar-refractivity contribution in [2.45, 2.75) is 19.3 Å². The molecule has 1 heterocycles. The Morgan fingerprint density at radius 1 is 1.25 bits per heavy atom. The van der Waals surface area contributed by atoms with Crippen molar-refractivity contribution < 1.29 is 4.79 Å². The molecule has 86 valence electrons. The van der Waals surface area contributed by atoms with E-state index in [0.29, 0.717) is 10.6 Å². The molecule has 1 aliphatic rings. The second kappa shape index (κ2) is 5.19. The number of carbonyl (C=O) groups excluding carboxylic acids is 1. The summed E-state index contributed by atoms with van der Waals surface area (Å²) < 4.78 is 0.823. The van der Waals surface area contributed by atoms with E-state index in [1.807, 2.05) is 17.0 Å². The topological polar surface area (TPSA) is 20.3 Å². The molecule has 4 heteroatoms. The van der Waals surface area contributed by atoms with Gasteiger partial charge < -0.3 is 4.90 Å². The predicted octanol–water partition coefficient (Wildman–Crippen LogP) is 3.73. The molecular formula is C12H13BrClNO. The van der Waals surface area contributed by atoms with E-state index in [9.17, 15) is 4.79 Å². The Balaban J connectivity index is 2.16. The lowest BCUT2D eigenvalue weighted by Crippen LogP contribution is -2.35. The Morgan fingerprint density at radius 2 is 1.94 bits per heavy atom. The average molecular weight is 303 g/mol. The maximum absolute atomic E-state index is 12.1. The van der Waals surface area contributed by atoms with Crippen molar-refractivity contribution in [2.75, 3.05) is 13.1 Å². The van der Waals surface area contributed by atoms with Crippen LogP contribution in [0.15, 0.2) is 22.7 Å². The van der Waals surface area contributed by atoms with Gasteiger partial charge in [-0.15, -0.1) is 0 Å². The number of hydrogen-bond donors (Lipinski definition) is 0. The highest BCUT2D eigenvalue weighted by Crippen LogP contribution is 2.24. The number of likely N-dealkylation sites (tertiary alicyclic amines) is 1. The SMILES string of the molecule is O=C(c1ccc(Br)c(Cl)c1)N1CCCCC1. The minimum Gasteiger partial charge on any atom is -0.339 e. The maximum Gasteiger partial charge on any atom is 0.253 e. The van der Waals surface area contributed by atoms with Crippen molar-refractivity contribution in [3.63, 3.8) is 0 Å². The molecule has 0 bridgehead atoms. The van der Waals surface area contributed by atoms with Crippen LogP contribution >= 0.6 is 27.5 Å². The molecule has 2 nitrogen and oxygen atoms in total. The minimum absolute atomic E-state index is 0.0918. The molecule has 0 aromatic heterocycles. The summed E-state index contributed by atoms with van der Waals surface area (Å²) in [4.78, 5) is 14.0. The Labute approximate surface area is 109 Å². The fourth-order valence-electron chi connectivity index (χ4n) is 1.91. The summed E-state index contributed by atoms with van der Waals surface area (Å²) in [6.45, 7) is 1.74. The molecule has 0 unspecified atom stereocenters. The highest BCUT2D eigenvalue weighted by Gasteiger charge is 2.18. The van der Waals surface area contributed by atoms with E-state index in [2.05, 4.69) is 15.9 Å². The Hall–Kier alpha value is -0.540. The van der Waals surface area contributed by atoms with Crippen LogP contribution in [-0.4, -0.2) is 23.9 Å². The summed E-state index contributed by atoms with van der Waals surface area (Å²) in [7, 11) is 0. The zero-order valence-electron chi connectivity index (χ0n) is 8.88. The third kappa shape index (κ3) is 2.58. The van der Waals surface area contributed by atoms with Crippen molar-refractivity contribution >= 4 is 33.4 Å². The second-order valence-corrected chi connectivity index (χ2v) is 5.24. The molecule has 0 atom stereocenters. The molecule has 0 N–H and O–H groups in total. The van der Waals surface area contributed by atoms with Gasteiger partial charge in [-0.2, -0.15) is 0 Å². The number of rotatable bonds is 1. The highest BCUT2D eigenvalue weighted by atomic mass is 79.9. The average Bonchev–Trinajstić information content (AvgIpc) is 2.33. The van der Waals surface area contributed by atoms with E-state index in [4.69, 9.17) is 11.6 Å². The molecule has 1 aromatic rings. The first-order valence-corrected chi connectivity index (χ1v) is 6.60. The van der Waals surface area contributed by atoms with Gasteiger partial charge >= 0.3 is 0 Å². The van der Waals surface area contributed by atoms with Crippen molar-refractivity contribution in [2.24, 2.45) is 0 Å². The van der Waals surface area contributed by atoms with Gasteiger partial charge in [0.25, 0.3) is 5.91 Å². The number of benzene rings is 1. The summed E-state index contributed by atoms with van der Waals surface area (Å²) in [5.41, 5.74) is 0.676. The lowest BCUT2D eigenvalue weighted by molar-refractivity contribution is 0.0724. The summed E-state index contributed by atoms with van der Waals surface area (Å²) >= 11 is 9.30. The fraction of sp³-hybridized carbons (Fsp3) is 0.417. The van der Waals surface area contributed by atoms with Crippen LogP contribution in [0.1, 0.15) is 29.6 Å². The number of halogens is 2. The van der Waals surface area contributed by atoms with Gasteiger partial charge in [0.15, 0.2) is 0 Å². The van der Waals surface area contributed by atoms with Crippen LogP contribution in [0.3, 0.4) is 0 Å². The number of hydrogen-bond acceptors (Lipinski definition) is 1. The highest BCUT2D eigenvalue weighted by molar-refractivity contribution is 9.10. The van der Waals surface area contributed by atoms with Gasteiger partial charge in [-0.3, -0.25) is 4.79 Å². The van der Waals surface area contributed by atoms with E-state index in [-0.39, 0.29) is 5.91 Å². The minimum atomic E-state index is 0.0918. The molecule has 0 saturated carbocycles. The predicted molar refractivity (Wildman–Crippen MR) is 68.9 cm³/mol. The Kier molecular flexibility index (Phi) is 3.87. The van der Waals surface area contributed by atoms with Crippen LogP contribution < -0.4 is 0 Å². The smallest absolute Gasteiger partial charge is 0.253 e. The fourth-order valence-corrected chi connectivity index (χ4v) is 2.34. The number of piperidine rings is 1. The normalized spacial score (nSPS) is 16.2. The van der Waals surface area contributed by atoms with Crippen LogP contribution in [0, 0.1) is 0 Å². The number of amides is 1. The first-order chi connectivity index (χ1) is 7.68. The number of carbonyl (C=O) groups is 1. The molecule has 1 aromatic carbocycles. The monoisotopic (exact) mass is 301 g/mol. The van der Waals surface area contributed by atoms with E-state index < -0.39 is 0 Å². The van der Waals surface area contributed by atoms with Gasteiger partial charge in [-0.1, -0.05) is 11.6 Å². The lowest BCUT2D eigenvalue weighted by Gasteiger charge is -2.26. The second-order valence-electron chi connectivity index (χ2n) is 3.98. The molecule has 0 radical (unpaired) electrons. The van der Waals surface area contributed by atoms with Gasteiger partial charge in [0, 0.05) is 23.1 Å². The van der Waals surface area contributed by atoms with Gasteiger partial charge in [0.2, 0.25) is 0 Å². The summed E-state index contributed by atoms with van der Waals surface area (Å²) in [5.74, 6) is 0.0918. The van der Waals surface area contributed by atoms with E-state index >= 15 is 0 Å². The van der Waals surface area contributed by atoms with E-state index in [1.54, 1.807) is 6.07 Å². The zero-order valence-corrected chi connectivity index (χ0v) is 11.2. The summed E-state index contributed by atoms with van der Waals surface area (Å²) in [6, 6.07) is 5.36. The Bertz CT molecular complexity index is 402.